The molecule has 4 saturated heterocycles. The number of fused-ring (bicyclic) bond motifs is 2. The summed E-state index contributed by atoms with van der Waals surface area (Å²) in [6, 6.07) is 22.9. The Morgan fingerprint density at radius 3 is 2.40 bits per heavy atom. The number of aliphatic hydroxyl groups is 1. The second kappa shape index (κ2) is 22.6. The van der Waals surface area contributed by atoms with E-state index in [1.54, 1.807) is 29.5 Å². The Morgan fingerprint density at radius 1 is 0.909 bits per heavy atom. The maximum atomic E-state index is 14.3. The average molecular weight is 1070 g/mol. The summed E-state index contributed by atoms with van der Waals surface area (Å²) < 4.78 is 18.4. The molecule has 77 heavy (non-hydrogen) atoms. The highest BCUT2D eigenvalue weighted by Crippen LogP contribution is 2.41. The summed E-state index contributed by atoms with van der Waals surface area (Å²) in [6.45, 7) is 12.4. The topological polar surface area (TPSA) is 234 Å². The van der Waals surface area contributed by atoms with Crippen LogP contribution < -0.4 is 30.9 Å². The van der Waals surface area contributed by atoms with E-state index < -0.39 is 18.1 Å². The number of thiazole rings is 1. The fraction of sp³-hybridized carbons (Fsp3) is 0.491. The summed E-state index contributed by atoms with van der Waals surface area (Å²) in [5, 5.41) is 40.7. The Labute approximate surface area is 453 Å². The number of aromatic nitrogens is 5. The molecule has 11 rings (SSSR count). The largest absolute Gasteiger partial charge is 0.507 e. The third-order valence-corrected chi connectivity index (χ3v) is 17.2. The van der Waals surface area contributed by atoms with E-state index in [1.165, 1.54) is 10.6 Å². The molecule has 2 aromatic carbocycles. The zero-order valence-electron chi connectivity index (χ0n) is 44.2. The van der Waals surface area contributed by atoms with Gasteiger partial charge in [0.05, 0.1) is 51.8 Å². The molecule has 4 aliphatic heterocycles. The van der Waals surface area contributed by atoms with Gasteiger partial charge in [-0.1, -0.05) is 50.2 Å². The van der Waals surface area contributed by atoms with Gasteiger partial charge in [0, 0.05) is 93.4 Å². The standard InChI is InChI=1S/C57H70N12O7S/c1-33(2)53(57(73)68-31-42(70)26-48(68)56(72)61-34(3)36-9-11-37(12-10-36)54-35(4)60-32-77-54)50-28-52(65-76-50)74-22-21-66-19-16-43(17-20-66)75-44-23-38(24-44)62-51-25-39(15-18-59-51)69-40-13-14-41(69)30-67(29-40)47-27-46(63-64-55(47)58)45-7-5-6-8-49(45)71/h5-12,15,18,25,27-28,32-34,38,40-44,48,53,70-71H,13-14,16-17,19-24,26,29-31H2,1-4H3,(H2,58,64)(H,59,62)(H,61,72)/t34-,38?,40+,41?,42+,44?,48-,53-/m0/s1. The lowest BCUT2D eigenvalue weighted by atomic mass is 9.88. The van der Waals surface area contributed by atoms with Crippen molar-refractivity contribution in [2.75, 3.05) is 66.7 Å². The van der Waals surface area contributed by atoms with Gasteiger partial charge in [0.25, 0.3) is 5.88 Å². The number of para-hydroxylation sites is 1. The van der Waals surface area contributed by atoms with Crippen LogP contribution in [-0.2, 0) is 14.3 Å². The number of nitrogens with one attached hydrogen (secondary N) is 2. The van der Waals surface area contributed by atoms with Crippen LogP contribution in [0.5, 0.6) is 11.6 Å². The SMILES string of the molecule is Cc1ncsc1-c1ccc([C@H](C)NC(=O)[C@@H]2C[C@@H](O)CN2C(=O)[C@H](c2cc(OCCN3CCC(OC4CC(Nc5cc(N6C7CC[C@@H]6CN(c6cc(-c8ccccc8O)nnc6N)C7)ccn5)C4)CC3)no2)C(C)C)cc1. The van der Waals surface area contributed by atoms with Gasteiger partial charge in [-0.2, -0.15) is 0 Å². The number of piperidine rings is 1. The van der Waals surface area contributed by atoms with Crippen LogP contribution in [0.15, 0.2) is 89.0 Å². The molecule has 2 amide bonds. The van der Waals surface area contributed by atoms with Crippen LogP contribution in [0.2, 0.25) is 0 Å². The molecular weight excluding hydrogens is 997 g/mol. The normalized spacial score (nSPS) is 23.5. The number of nitrogens with zero attached hydrogens (tertiary/aromatic N) is 9. The number of anilines is 4. The molecule has 2 bridgehead atoms. The first-order chi connectivity index (χ1) is 37.3. The van der Waals surface area contributed by atoms with Gasteiger partial charge in [-0.15, -0.1) is 21.5 Å². The van der Waals surface area contributed by atoms with E-state index in [4.69, 9.17) is 24.7 Å². The van der Waals surface area contributed by atoms with Crippen molar-refractivity contribution in [1.82, 2.24) is 40.4 Å². The second-order valence-corrected chi connectivity index (χ2v) is 22.7. The molecule has 1 aliphatic carbocycles. The van der Waals surface area contributed by atoms with Gasteiger partial charge in [-0.3, -0.25) is 14.5 Å². The number of amides is 2. The summed E-state index contributed by atoms with van der Waals surface area (Å²) in [7, 11) is 0. The Hall–Kier alpha value is -6.87. The maximum absolute atomic E-state index is 14.3. The van der Waals surface area contributed by atoms with Crippen LogP contribution in [0.25, 0.3) is 21.7 Å². The maximum Gasteiger partial charge on any atom is 0.254 e. The lowest BCUT2D eigenvalue weighted by Crippen LogP contribution is -2.54. The highest BCUT2D eigenvalue weighted by molar-refractivity contribution is 7.13. The molecule has 4 aromatic heterocycles. The van der Waals surface area contributed by atoms with Crippen molar-refractivity contribution in [3.63, 3.8) is 0 Å². The lowest BCUT2D eigenvalue weighted by molar-refractivity contribution is -0.141. The first kappa shape index (κ1) is 52.2. The smallest absolute Gasteiger partial charge is 0.254 e. The molecule has 406 valence electrons. The number of piperazine rings is 1. The minimum absolute atomic E-state index is 0.0556. The van der Waals surface area contributed by atoms with Crippen molar-refractivity contribution in [2.24, 2.45) is 5.92 Å². The number of hydrogen-bond acceptors (Lipinski definition) is 18. The molecule has 5 fully saturated rings. The molecule has 20 heteroatoms. The molecule has 0 spiro atoms. The van der Waals surface area contributed by atoms with E-state index >= 15 is 0 Å². The van der Waals surface area contributed by atoms with Crippen LogP contribution in [0, 0.1) is 12.8 Å². The van der Waals surface area contributed by atoms with Gasteiger partial charge in [-0.05, 0) is 98.8 Å². The number of carbonyl (C=O) groups excluding carboxylic acids is 2. The van der Waals surface area contributed by atoms with Crippen LogP contribution in [0.4, 0.5) is 23.0 Å². The van der Waals surface area contributed by atoms with Gasteiger partial charge < -0.3 is 55.3 Å². The second-order valence-electron chi connectivity index (χ2n) is 21.9. The van der Waals surface area contributed by atoms with Crippen LogP contribution in [0.1, 0.15) is 94.7 Å². The van der Waals surface area contributed by atoms with Crippen molar-refractivity contribution in [1.29, 1.82) is 0 Å². The fourth-order valence-corrected chi connectivity index (χ4v) is 12.9. The van der Waals surface area contributed by atoms with Crippen LogP contribution in [-0.4, -0.2) is 146 Å². The Morgan fingerprint density at radius 2 is 1.68 bits per heavy atom. The quantitative estimate of drug-likeness (QED) is 0.0573. The predicted octanol–water partition coefficient (Wildman–Crippen LogP) is 7.19. The first-order valence-corrected chi connectivity index (χ1v) is 28.1. The molecule has 0 radical (unpaired) electrons. The number of nitrogens with two attached hydrogens (primary N) is 1. The number of carbonyl (C=O) groups is 2. The molecule has 8 heterocycles. The van der Waals surface area contributed by atoms with Crippen molar-refractivity contribution in [2.45, 2.75) is 127 Å². The molecule has 6 atom stereocenters. The van der Waals surface area contributed by atoms with Gasteiger partial charge in [0.1, 0.15) is 30.1 Å². The monoisotopic (exact) mass is 1070 g/mol. The molecular formula is C57H70N12O7S. The summed E-state index contributed by atoms with van der Waals surface area (Å²) in [5.41, 5.74) is 14.5. The highest BCUT2D eigenvalue weighted by Gasteiger charge is 2.44. The predicted molar refractivity (Wildman–Crippen MR) is 295 cm³/mol. The number of likely N-dealkylation sites (tertiary alicyclic amines) is 2. The number of phenols is 1. The van der Waals surface area contributed by atoms with E-state index in [1.807, 2.05) is 81.9 Å². The summed E-state index contributed by atoms with van der Waals surface area (Å²) in [6.07, 6.45) is 7.63. The van der Waals surface area contributed by atoms with E-state index in [0.717, 1.165) is 104 Å². The highest BCUT2D eigenvalue weighted by atomic mass is 32.1. The Kier molecular flexibility index (Phi) is 15.3. The van der Waals surface area contributed by atoms with E-state index in [0.29, 0.717) is 53.4 Å². The van der Waals surface area contributed by atoms with Gasteiger partial charge in [-0.25, -0.2) is 9.97 Å². The van der Waals surface area contributed by atoms with Gasteiger partial charge >= 0.3 is 0 Å². The third-order valence-electron chi connectivity index (χ3n) is 16.3. The van der Waals surface area contributed by atoms with E-state index in [2.05, 4.69) is 57.8 Å². The number of β-amino-alcohol motifs (C(OH)–C–C–N with tert-alkyl or cyclic N) is 1. The third kappa shape index (κ3) is 11.4. The summed E-state index contributed by atoms with van der Waals surface area (Å²) in [4.78, 5) is 46.9. The molecule has 1 saturated carbocycles. The van der Waals surface area contributed by atoms with Crippen LogP contribution in [0.3, 0.4) is 0 Å². The zero-order valence-corrected chi connectivity index (χ0v) is 45.0. The molecule has 6 aromatic rings. The number of ether oxygens (including phenoxy) is 2. The van der Waals surface area contributed by atoms with Crippen LogP contribution >= 0.6 is 11.3 Å². The number of phenolic OH excluding ortho intramolecular Hbond substituents is 1. The summed E-state index contributed by atoms with van der Waals surface area (Å²) >= 11 is 1.59. The number of aromatic hydroxyl groups is 1. The number of benzene rings is 2. The van der Waals surface area contributed by atoms with Crippen molar-refractivity contribution >= 4 is 46.2 Å². The lowest BCUT2D eigenvalue weighted by Gasteiger charge is -2.44. The Bertz CT molecular complexity index is 3000. The number of aryl methyl sites for hydroxylation is 1. The van der Waals surface area contributed by atoms with E-state index in [-0.39, 0.29) is 54.7 Å². The minimum Gasteiger partial charge on any atom is -0.507 e. The Balaban J connectivity index is 0.601. The number of nitrogen functional groups attached to an aromatic ring is 1. The minimum atomic E-state index is -0.827. The number of pyridine rings is 1. The van der Waals surface area contributed by atoms with Gasteiger partial charge in [0.15, 0.2) is 11.6 Å². The first-order valence-electron chi connectivity index (χ1n) is 27.3. The molecule has 6 N–H and O–H groups in total. The van der Waals surface area contributed by atoms with Crippen molar-refractivity contribution in [3.05, 3.63) is 102 Å². The number of aliphatic hydroxyl groups excluding tert-OH is 1. The fourth-order valence-electron chi connectivity index (χ4n) is 12.1. The number of hydrogen-bond donors (Lipinski definition) is 5. The zero-order chi connectivity index (χ0) is 53.3. The average Bonchev–Trinajstić information content (AvgIpc) is 4.22. The van der Waals surface area contributed by atoms with Crippen molar-refractivity contribution < 1.29 is 33.8 Å². The molecule has 19 nitrogen and oxygen atoms in total. The van der Waals surface area contributed by atoms with E-state index in [9.17, 15) is 19.8 Å². The molecule has 5 aliphatic rings. The van der Waals surface area contributed by atoms with Crippen molar-refractivity contribution in [3.8, 4) is 33.3 Å². The number of rotatable bonds is 18. The molecule has 1 unspecified atom stereocenters. The summed E-state index contributed by atoms with van der Waals surface area (Å²) in [5.74, 6) is 0.628. The van der Waals surface area contributed by atoms with Gasteiger partial charge in [0.2, 0.25) is 11.8 Å².